The van der Waals surface area contributed by atoms with Crippen molar-refractivity contribution in [3.05, 3.63) is 35.8 Å². The van der Waals surface area contributed by atoms with Gasteiger partial charge in [-0.25, -0.2) is 18.9 Å². The van der Waals surface area contributed by atoms with Gasteiger partial charge in [-0.15, -0.1) is 0 Å². The number of ether oxygens (including phenoxy) is 1. The molecule has 3 atom stereocenters. The molecule has 0 aromatic carbocycles. The van der Waals surface area contributed by atoms with Crippen LogP contribution in [-0.2, 0) is 11.0 Å². The van der Waals surface area contributed by atoms with Crippen LogP contribution in [0.2, 0.25) is 0 Å². The van der Waals surface area contributed by atoms with Gasteiger partial charge in [-0.05, 0) is 19.1 Å². The Labute approximate surface area is 220 Å². The van der Waals surface area contributed by atoms with Gasteiger partial charge in [0.1, 0.15) is 23.6 Å². The number of nitrogens with one attached hydrogen (secondary N) is 1. The minimum atomic E-state index is -5.11. The number of rotatable bonds is 5. The first-order chi connectivity index (χ1) is 18.5. The molecule has 0 aliphatic carbocycles. The summed E-state index contributed by atoms with van der Waals surface area (Å²) in [4.78, 5) is 33.5. The normalized spacial score (nSPS) is 19.5. The molecule has 1 aliphatic heterocycles. The number of carbonyl (C=O) groups excluding carboxylic acids is 2. The Bertz CT molecular complexity index is 1470. The minimum absolute atomic E-state index is 0.0429. The number of alkyl halides is 7. The van der Waals surface area contributed by atoms with Crippen LogP contribution in [0.5, 0.6) is 5.88 Å². The Morgan fingerprint density at radius 2 is 1.80 bits per heavy atom. The van der Waals surface area contributed by atoms with Crippen LogP contribution in [0, 0.1) is 0 Å². The molecule has 18 heteroatoms. The lowest BCUT2D eigenvalue weighted by molar-refractivity contribution is -0.193. The van der Waals surface area contributed by atoms with Crippen molar-refractivity contribution in [2.75, 3.05) is 25.9 Å². The average molecular weight is 578 g/mol. The molecule has 216 valence electrons. The number of methoxy groups -OCH3 is 1. The predicted octanol–water partition coefficient (Wildman–Crippen LogP) is 1.96. The van der Waals surface area contributed by atoms with Crippen LogP contribution in [-0.4, -0.2) is 80.4 Å². The fourth-order valence-electron chi connectivity index (χ4n) is 4.17. The number of amides is 2. The number of halogens is 7. The third kappa shape index (κ3) is 4.93. The van der Waals surface area contributed by atoms with Crippen LogP contribution in [0.3, 0.4) is 0 Å². The number of pyridine rings is 1. The molecule has 0 radical (unpaired) electrons. The Kier molecular flexibility index (Phi) is 7.02. The Morgan fingerprint density at radius 1 is 1.12 bits per heavy atom. The van der Waals surface area contributed by atoms with E-state index in [0.717, 1.165) is 36.3 Å². The molecule has 4 rings (SSSR count). The summed E-state index contributed by atoms with van der Waals surface area (Å²) in [5.74, 6) is -3.35. The van der Waals surface area contributed by atoms with Gasteiger partial charge in [-0.3, -0.25) is 9.59 Å². The molecule has 4 heterocycles. The predicted molar refractivity (Wildman–Crippen MR) is 124 cm³/mol. The summed E-state index contributed by atoms with van der Waals surface area (Å²) in [5.41, 5.74) is 5.27. The van der Waals surface area contributed by atoms with Crippen molar-refractivity contribution < 1.29 is 45.1 Å². The van der Waals surface area contributed by atoms with Crippen LogP contribution in [0.25, 0.3) is 16.8 Å². The maximum absolute atomic E-state index is 14.7. The van der Waals surface area contributed by atoms with E-state index in [9.17, 15) is 40.3 Å². The van der Waals surface area contributed by atoms with Crippen molar-refractivity contribution in [1.82, 2.24) is 29.8 Å². The summed E-state index contributed by atoms with van der Waals surface area (Å²) in [7, 11) is 1.15. The Hall–Kier alpha value is -4.22. The summed E-state index contributed by atoms with van der Waals surface area (Å²) in [6.45, 7) is -0.942. The maximum atomic E-state index is 14.7. The summed E-state index contributed by atoms with van der Waals surface area (Å²) in [6.07, 6.45) is -9.88. The second-order valence-corrected chi connectivity index (χ2v) is 9.13. The van der Waals surface area contributed by atoms with Gasteiger partial charge >= 0.3 is 12.4 Å². The zero-order valence-corrected chi connectivity index (χ0v) is 20.6. The molecule has 0 bridgehead atoms. The summed E-state index contributed by atoms with van der Waals surface area (Å²) < 4.78 is 101. The number of fused-ring (bicyclic) bond motifs is 1. The van der Waals surface area contributed by atoms with Crippen molar-refractivity contribution in [2.24, 2.45) is 5.73 Å². The van der Waals surface area contributed by atoms with E-state index < -0.39 is 71.9 Å². The van der Waals surface area contributed by atoms with Gasteiger partial charge in [0.2, 0.25) is 5.88 Å². The topological polar surface area (TPSA) is 154 Å². The second kappa shape index (κ2) is 9.76. The van der Waals surface area contributed by atoms with E-state index in [1.54, 1.807) is 0 Å². The number of anilines is 1. The summed E-state index contributed by atoms with van der Waals surface area (Å²) >= 11 is 0. The number of nitrogens with two attached hydrogens (primary N) is 2. The van der Waals surface area contributed by atoms with Crippen LogP contribution in [0.15, 0.2) is 24.7 Å². The molecule has 3 aromatic rings. The molecule has 3 aromatic heterocycles. The zero-order chi connectivity index (χ0) is 29.8. The summed E-state index contributed by atoms with van der Waals surface area (Å²) in [6, 6.07) is 0.397. The molecular weight excluding hydrogens is 557 g/mol. The maximum Gasteiger partial charge on any atom is 0.418 e. The molecule has 0 saturated carbocycles. The first-order valence-electron chi connectivity index (χ1n) is 11.3. The highest BCUT2D eigenvalue weighted by Crippen LogP contribution is 2.39. The van der Waals surface area contributed by atoms with E-state index in [2.05, 4.69) is 20.4 Å². The molecule has 11 nitrogen and oxygen atoms in total. The van der Waals surface area contributed by atoms with Gasteiger partial charge in [0.05, 0.1) is 31.0 Å². The fourth-order valence-corrected chi connectivity index (χ4v) is 4.17. The fraction of sp³-hybridized carbons (Fsp3) is 0.409. The van der Waals surface area contributed by atoms with Gasteiger partial charge < -0.3 is 26.4 Å². The quantitative estimate of drug-likeness (QED) is 0.389. The van der Waals surface area contributed by atoms with Crippen molar-refractivity contribution in [1.29, 1.82) is 0 Å². The molecule has 0 spiro atoms. The molecule has 2 unspecified atom stereocenters. The highest BCUT2D eigenvalue weighted by atomic mass is 19.4. The number of hydrogen-bond acceptors (Lipinski definition) is 8. The van der Waals surface area contributed by atoms with Crippen molar-refractivity contribution >= 4 is 23.1 Å². The SMILES string of the molecule is COc1ncc(-c2cc(C(F)(F)F)c3c(N)ncnn23)cc1C(=O)NC1CN(C(=O)C(C)(N)C(F)(F)F)C[C@@H]1F. The number of carbonyl (C=O) groups is 2. The number of nitrogen functional groups attached to an aromatic ring is 1. The minimum Gasteiger partial charge on any atom is -0.480 e. The van der Waals surface area contributed by atoms with Gasteiger partial charge in [0.15, 0.2) is 11.4 Å². The number of likely N-dealkylation sites (tertiary alicyclic amines) is 1. The lowest BCUT2D eigenvalue weighted by Gasteiger charge is -2.30. The highest BCUT2D eigenvalue weighted by Gasteiger charge is 2.56. The molecular formula is C22H21F7N8O3. The number of aromatic nitrogens is 4. The smallest absolute Gasteiger partial charge is 0.418 e. The first-order valence-corrected chi connectivity index (χ1v) is 11.3. The largest absolute Gasteiger partial charge is 0.480 e. The standard InChI is InChI=1S/C22H21F7N8O3/c1-20(31,22(27,28)29)19(39)36-6-12(23)13(7-36)35-17(38)10-3-9(5-32-18(10)40-2)14-4-11(21(24,25)26)15-16(30)33-8-34-37(14)15/h3-5,8,12-13H,6-7,31H2,1-2H3,(H,35,38)(H2,30,33,34)/t12-,13?,20?/m0/s1. The van der Waals surface area contributed by atoms with E-state index >= 15 is 0 Å². The van der Waals surface area contributed by atoms with Crippen LogP contribution < -0.4 is 21.5 Å². The van der Waals surface area contributed by atoms with Gasteiger partial charge in [0.25, 0.3) is 11.8 Å². The molecule has 5 N–H and O–H groups in total. The number of hydrogen-bond donors (Lipinski definition) is 3. The third-order valence-corrected chi connectivity index (χ3v) is 6.36. The lowest BCUT2D eigenvalue weighted by atomic mass is 10.0. The van der Waals surface area contributed by atoms with E-state index in [-0.39, 0.29) is 22.7 Å². The van der Waals surface area contributed by atoms with Gasteiger partial charge in [-0.1, -0.05) is 0 Å². The first kappa shape index (κ1) is 28.8. The Balaban J connectivity index is 1.65. The monoisotopic (exact) mass is 578 g/mol. The van der Waals surface area contributed by atoms with Crippen molar-refractivity contribution in [3.63, 3.8) is 0 Å². The third-order valence-electron chi connectivity index (χ3n) is 6.36. The second-order valence-electron chi connectivity index (χ2n) is 9.13. The highest BCUT2D eigenvalue weighted by molar-refractivity contribution is 5.98. The van der Waals surface area contributed by atoms with Crippen molar-refractivity contribution in [3.8, 4) is 17.1 Å². The number of nitrogens with zero attached hydrogens (tertiary/aromatic N) is 5. The van der Waals surface area contributed by atoms with Crippen molar-refractivity contribution in [2.45, 2.75) is 37.0 Å². The van der Waals surface area contributed by atoms with Crippen LogP contribution >= 0.6 is 0 Å². The van der Waals surface area contributed by atoms with E-state index in [1.165, 1.54) is 0 Å². The average Bonchev–Trinajstić information content (AvgIpc) is 3.44. The van der Waals surface area contributed by atoms with Crippen LogP contribution in [0.1, 0.15) is 22.8 Å². The van der Waals surface area contributed by atoms with Gasteiger partial charge in [-0.2, -0.15) is 31.4 Å². The lowest BCUT2D eigenvalue weighted by Crippen LogP contribution is -2.62. The molecule has 40 heavy (non-hydrogen) atoms. The van der Waals surface area contributed by atoms with Gasteiger partial charge in [0, 0.05) is 18.3 Å². The van der Waals surface area contributed by atoms with Crippen LogP contribution in [0.4, 0.5) is 36.6 Å². The van der Waals surface area contributed by atoms with E-state index in [0.29, 0.717) is 11.8 Å². The van der Waals surface area contributed by atoms with E-state index in [1.807, 2.05) is 0 Å². The zero-order valence-electron chi connectivity index (χ0n) is 20.6. The molecule has 1 fully saturated rings. The summed E-state index contributed by atoms with van der Waals surface area (Å²) in [5, 5.41) is 6.08. The molecule has 1 saturated heterocycles. The molecule has 1 aliphatic rings. The van der Waals surface area contributed by atoms with E-state index in [4.69, 9.17) is 16.2 Å². The molecule has 2 amide bonds. The Morgan fingerprint density at radius 3 is 2.40 bits per heavy atom.